The number of nitrogens with zero attached hydrogens (tertiary/aromatic N) is 1. The maximum Gasteiger partial charge on any atom is 0.0178 e. The van der Waals surface area contributed by atoms with Crippen molar-refractivity contribution in [3.8, 4) is 0 Å². The van der Waals surface area contributed by atoms with Crippen LogP contribution < -0.4 is 5.32 Å². The molecule has 1 fully saturated rings. The predicted octanol–water partition coefficient (Wildman–Crippen LogP) is 3.76. The molecular weight excluding hydrogens is 312 g/mol. The van der Waals surface area contributed by atoms with Crippen LogP contribution in [0.1, 0.15) is 37.8 Å². The highest BCUT2D eigenvalue weighted by Crippen LogP contribution is 2.23. The smallest absolute Gasteiger partial charge is 0.0178 e. The van der Waals surface area contributed by atoms with E-state index in [1.165, 1.54) is 28.4 Å². The van der Waals surface area contributed by atoms with Gasteiger partial charge in [-0.1, -0.05) is 22.0 Å². The second-order valence-electron chi connectivity index (χ2n) is 6.76. The average Bonchev–Trinajstić information content (AvgIpc) is 2.38. The predicted molar refractivity (Wildman–Crippen MR) is 90.3 cm³/mol. The number of rotatable bonds is 4. The molecule has 2 nitrogen and oxygen atoms in total. The summed E-state index contributed by atoms with van der Waals surface area (Å²) in [7, 11) is 2.28. The second-order valence-corrected chi connectivity index (χ2v) is 7.67. The third-order valence-corrected chi connectivity index (χ3v) is 4.99. The van der Waals surface area contributed by atoms with Crippen LogP contribution in [-0.2, 0) is 6.42 Å². The van der Waals surface area contributed by atoms with Crippen LogP contribution in [0, 0.1) is 6.92 Å². The summed E-state index contributed by atoms with van der Waals surface area (Å²) in [5.41, 5.74) is 3.13. The van der Waals surface area contributed by atoms with E-state index in [2.05, 4.69) is 72.2 Å². The van der Waals surface area contributed by atoms with Gasteiger partial charge in [-0.05, 0) is 76.9 Å². The highest BCUT2D eigenvalue weighted by molar-refractivity contribution is 9.10. The molecule has 3 heteroatoms. The van der Waals surface area contributed by atoms with Crippen molar-refractivity contribution < 1.29 is 0 Å². The van der Waals surface area contributed by atoms with E-state index < -0.39 is 0 Å². The summed E-state index contributed by atoms with van der Waals surface area (Å²) in [4.78, 5) is 2.54. The van der Waals surface area contributed by atoms with Gasteiger partial charge in [0.15, 0.2) is 0 Å². The highest BCUT2D eigenvalue weighted by Gasteiger charge is 2.29. The fourth-order valence-electron chi connectivity index (χ4n) is 3.11. The number of nitrogens with one attached hydrogen (secondary N) is 1. The lowest BCUT2D eigenvalue weighted by Crippen LogP contribution is -2.52. The van der Waals surface area contributed by atoms with Crippen LogP contribution in [0.4, 0.5) is 0 Å². The Morgan fingerprint density at radius 3 is 2.85 bits per heavy atom. The molecule has 1 N–H and O–H groups in total. The molecule has 0 radical (unpaired) electrons. The Morgan fingerprint density at radius 2 is 2.15 bits per heavy atom. The summed E-state index contributed by atoms with van der Waals surface area (Å²) < 4.78 is 1.18. The van der Waals surface area contributed by atoms with Gasteiger partial charge in [0.05, 0.1) is 0 Å². The number of aryl methyl sites for hydroxylation is 1. The van der Waals surface area contributed by atoms with Crippen LogP contribution >= 0.6 is 15.9 Å². The van der Waals surface area contributed by atoms with E-state index in [0.717, 1.165) is 19.5 Å². The quantitative estimate of drug-likeness (QED) is 0.899. The molecule has 1 aromatic carbocycles. The molecule has 1 unspecified atom stereocenters. The summed E-state index contributed by atoms with van der Waals surface area (Å²) in [5.74, 6) is 0. The molecule has 0 aromatic heterocycles. The number of piperidine rings is 1. The summed E-state index contributed by atoms with van der Waals surface area (Å²) in [6, 6.07) is 7.29. The standard InChI is InChI=1S/C17H27BrN2/c1-13-5-6-15(18)11-14(13)8-10-20(4)16-7-9-19-17(2,3)12-16/h5-6,11,16,19H,7-10,12H2,1-4H3. The van der Waals surface area contributed by atoms with Crippen molar-refractivity contribution in [2.75, 3.05) is 20.1 Å². The second kappa shape index (κ2) is 6.59. The van der Waals surface area contributed by atoms with E-state index in [9.17, 15) is 0 Å². The van der Waals surface area contributed by atoms with Gasteiger partial charge >= 0.3 is 0 Å². The fourth-order valence-corrected chi connectivity index (χ4v) is 3.51. The lowest BCUT2D eigenvalue weighted by Gasteiger charge is -2.40. The maximum absolute atomic E-state index is 3.60. The zero-order valence-electron chi connectivity index (χ0n) is 13.2. The molecule has 1 saturated heterocycles. The van der Waals surface area contributed by atoms with Crippen LogP contribution in [0.3, 0.4) is 0 Å². The zero-order valence-corrected chi connectivity index (χ0v) is 14.8. The van der Waals surface area contributed by atoms with Gasteiger partial charge in [0.1, 0.15) is 0 Å². The molecule has 2 rings (SSSR count). The minimum absolute atomic E-state index is 0.281. The van der Waals surface area contributed by atoms with Gasteiger partial charge in [-0.25, -0.2) is 0 Å². The number of halogens is 1. The number of hydrogen-bond acceptors (Lipinski definition) is 2. The molecule has 0 bridgehead atoms. The minimum atomic E-state index is 0.281. The fraction of sp³-hybridized carbons (Fsp3) is 0.647. The van der Waals surface area contributed by atoms with E-state index in [1.807, 2.05) is 0 Å². The Hall–Kier alpha value is -0.380. The molecule has 1 atom stereocenters. The molecule has 1 aliphatic rings. The highest BCUT2D eigenvalue weighted by atomic mass is 79.9. The monoisotopic (exact) mass is 338 g/mol. The molecule has 1 aromatic rings. The molecule has 0 saturated carbocycles. The van der Waals surface area contributed by atoms with Crippen molar-refractivity contribution in [2.24, 2.45) is 0 Å². The van der Waals surface area contributed by atoms with Crippen LogP contribution in [0.5, 0.6) is 0 Å². The number of likely N-dealkylation sites (N-methyl/N-ethyl adjacent to an activating group) is 1. The molecule has 0 amide bonds. The summed E-state index contributed by atoms with van der Waals surface area (Å²) in [6.45, 7) is 9.10. The van der Waals surface area contributed by atoms with Crippen LogP contribution in [0.25, 0.3) is 0 Å². The van der Waals surface area contributed by atoms with Gasteiger partial charge in [-0.15, -0.1) is 0 Å². The Bertz CT molecular complexity index is 456. The van der Waals surface area contributed by atoms with E-state index in [0.29, 0.717) is 6.04 Å². The van der Waals surface area contributed by atoms with Crippen molar-refractivity contribution >= 4 is 15.9 Å². The number of hydrogen-bond donors (Lipinski definition) is 1. The van der Waals surface area contributed by atoms with Gasteiger partial charge in [-0.2, -0.15) is 0 Å². The Labute approximate surface area is 132 Å². The SMILES string of the molecule is Cc1ccc(Br)cc1CCN(C)C1CCNC(C)(C)C1. The molecule has 0 aliphatic carbocycles. The van der Waals surface area contributed by atoms with E-state index in [4.69, 9.17) is 0 Å². The first-order chi connectivity index (χ1) is 9.37. The molecular formula is C17H27BrN2. The zero-order chi connectivity index (χ0) is 14.8. The third-order valence-electron chi connectivity index (χ3n) is 4.50. The van der Waals surface area contributed by atoms with Gasteiger partial charge in [-0.3, -0.25) is 0 Å². The van der Waals surface area contributed by atoms with Gasteiger partial charge in [0.2, 0.25) is 0 Å². The summed E-state index contributed by atoms with van der Waals surface area (Å²) in [6.07, 6.45) is 3.63. The van der Waals surface area contributed by atoms with Crippen LogP contribution in [0.2, 0.25) is 0 Å². The first-order valence-corrected chi connectivity index (χ1v) is 8.37. The van der Waals surface area contributed by atoms with Crippen LogP contribution in [0.15, 0.2) is 22.7 Å². The van der Waals surface area contributed by atoms with Crippen molar-refractivity contribution in [2.45, 2.75) is 51.6 Å². The van der Waals surface area contributed by atoms with Gasteiger partial charge in [0, 0.05) is 22.6 Å². The Morgan fingerprint density at radius 1 is 1.40 bits per heavy atom. The largest absolute Gasteiger partial charge is 0.312 e. The van der Waals surface area contributed by atoms with Crippen molar-refractivity contribution in [3.63, 3.8) is 0 Å². The third kappa shape index (κ3) is 4.31. The van der Waals surface area contributed by atoms with Crippen LogP contribution in [-0.4, -0.2) is 36.6 Å². The lowest BCUT2D eigenvalue weighted by molar-refractivity contribution is 0.145. The maximum atomic E-state index is 3.60. The van der Waals surface area contributed by atoms with E-state index in [1.54, 1.807) is 0 Å². The first-order valence-electron chi connectivity index (χ1n) is 7.58. The normalized spacial score (nSPS) is 22.2. The lowest BCUT2D eigenvalue weighted by atomic mass is 9.88. The summed E-state index contributed by atoms with van der Waals surface area (Å²) in [5, 5.41) is 3.60. The van der Waals surface area contributed by atoms with Crippen molar-refractivity contribution in [3.05, 3.63) is 33.8 Å². The van der Waals surface area contributed by atoms with Crippen molar-refractivity contribution in [1.82, 2.24) is 10.2 Å². The average molecular weight is 339 g/mol. The molecule has 20 heavy (non-hydrogen) atoms. The van der Waals surface area contributed by atoms with Gasteiger partial charge in [0.25, 0.3) is 0 Å². The van der Waals surface area contributed by atoms with E-state index >= 15 is 0 Å². The number of benzene rings is 1. The molecule has 1 heterocycles. The molecule has 112 valence electrons. The summed E-state index contributed by atoms with van der Waals surface area (Å²) >= 11 is 3.57. The van der Waals surface area contributed by atoms with E-state index in [-0.39, 0.29) is 5.54 Å². The topological polar surface area (TPSA) is 15.3 Å². The van der Waals surface area contributed by atoms with Gasteiger partial charge < -0.3 is 10.2 Å². The molecule has 1 aliphatic heterocycles. The Kier molecular flexibility index (Phi) is 5.27. The first kappa shape index (κ1) is 16.0. The molecule has 0 spiro atoms. The Balaban J connectivity index is 1.91. The van der Waals surface area contributed by atoms with Crippen molar-refractivity contribution in [1.29, 1.82) is 0 Å². The minimum Gasteiger partial charge on any atom is -0.312 e.